The highest BCUT2D eigenvalue weighted by Gasteiger charge is 2.22. The first-order valence-corrected chi connectivity index (χ1v) is 11.8. The van der Waals surface area contributed by atoms with Gasteiger partial charge in [0.15, 0.2) is 0 Å². The van der Waals surface area contributed by atoms with Gasteiger partial charge in [0.25, 0.3) is 0 Å². The van der Waals surface area contributed by atoms with E-state index in [1.54, 1.807) is 17.0 Å². The summed E-state index contributed by atoms with van der Waals surface area (Å²) in [6, 6.07) is 10.2. The van der Waals surface area contributed by atoms with Crippen molar-refractivity contribution in [2.45, 2.75) is 25.2 Å². The molecule has 0 unspecified atom stereocenters. The van der Waals surface area contributed by atoms with E-state index in [1.807, 2.05) is 19.1 Å². The van der Waals surface area contributed by atoms with Gasteiger partial charge in [-0.3, -0.25) is 9.59 Å². The van der Waals surface area contributed by atoms with Gasteiger partial charge in [0.1, 0.15) is 0 Å². The van der Waals surface area contributed by atoms with Crippen molar-refractivity contribution >= 4 is 44.6 Å². The molecule has 0 radical (unpaired) electrons. The monoisotopic (exact) mass is 459 g/mol. The molecule has 0 saturated heterocycles. The Kier molecular flexibility index (Phi) is 7.05. The fraction of sp³-hybridized carbons (Fsp3) is 0.364. The van der Waals surface area contributed by atoms with Crippen molar-refractivity contribution in [3.63, 3.8) is 0 Å². The number of anilines is 4. The molecule has 9 nitrogen and oxygen atoms in total. The van der Waals surface area contributed by atoms with Crippen molar-refractivity contribution in [1.82, 2.24) is 4.31 Å². The van der Waals surface area contributed by atoms with Crippen molar-refractivity contribution in [3.8, 4) is 0 Å². The van der Waals surface area contributed by atoms with E-state index in [0.717, 1.165) is 22.0 Å². The average molecular weight is 460 g/mol. The van der Waals surface area contributed by atoms with E-state index in [1.165, 1.54) is 33.2 Å². The predicted molar refractivity (Wildman–Crippen MR) is 127 cm³/mol. The molecule has 2 aromatic rings. The smallest absolute Gasteiger partial charge is 0.243 e. The Morgan fingerprint density at radius 2 is 1.81 bits per heavy atom. The van der Waals surface area contributed by atoms with Crippen LogP contribution in [0, 0.1) is 0 Å². The summed E-state index contributed by atoms with van der Waals surface area (Å²) >= 11 is 0. The molecule has 0 bridgehead atoms. The molecule has 0 aromatic heterocycles. The molecule has 0 saturated carbocycles. The Balaban J connectivity index is 1.71. The Bertz CT molecular complexity index is 1130. The normalized spacial score (nSPS) is 13.1. The van der Waals surface area contributed by atoms with E-state index < -0.39 is 10.0 Å². The molecule has 2 amide bonds. The van der Waals surface area contributed by atoms with Crippen LogP contribution < -0.4 is 20.9 Å². The maximum absolute atomic E-state index is 12.5. The Morgan fingerprint density at radius 3 is 2.47 bits per heavy atom. The molecule has 32 heavy (non-hydrogen) atoms. The van der Waals surface area contributed by atoms with E-state index in [0.29, 0.717) is 30.2 Å². The average Bonchev–Trinajstić information content (AvgIpc) is 3.16. The largest absolute Gasteiger partial charge is 0.384 e. The van der Waals surface area contributed by atoms with Gasteiger partial charge < -0.3 is 20.9 Å². The lowest BCUT2D eigenvalue weighted by atomic mass is 10.1. The van der Waals surface area contributed by atoms with Gasteiger partial charge >= 0.3 is 0 Å². The second-order valence-corrected chi connectivity index (χ2v) is 9.84. The second-order valence-electron chi connectivity index (χ2n) is 7.69. The molecule has 0 fully saturated rings. The molecular formula is C22H29N5O4S. The number of hydrogen-bond donors (Lipinski definition) is 3. The van der Waals surface area contributed by atoms with E-state index in [2.05, 4.69) is 16.0 Å². The van der Waals surface area contributed by atoms with E-state index in [9.17, 15) is 18.0 Å². The maximum Gasteiger partial charge on any atom is 0.243 e. The molecule has 1 aliphatic heterocycles. The van der Waals surface area contributed by atoms with Crippen LogP contribution in [0.25, 0.3) is 0 Å². The third kappa shape index (κ3) is 5.03. The van der Waals surface area contributed by atoms with Crippen LogP contribution in [0.5, 0.6) is 0 Å². The van der Waals surface area contributed by atoms with Crippen molar-refractivity contribution in [3.05, 3.63) is 42.0 Å². The number of nitrogens with one attached hydrogen (secondary N) is 3. The Hall–Kier alpha value is -3.11. The van der Waals surface area contributed by atoms with Crippen molar-refractivity contribution < 1.29 is 18.0 Å². The molecule has 3 N–H and O–H groups in total. The lowest BCUT2D eigenvalue weighted by Gasteiger charge is -2.17. The third-order valence-corrected chi connectivity index (χ3v) is 7.03. The lowest BCUT2D eigenvalue weighted by molar-refractivity contribution is -0.116. The minimum absolute atomic E-state index is 0.000241. The summed E-state index contributed by atoms with van der Waals surface area (Å²) in [5.41, 5.74) is 3.78. The van der Waals surface area contributed by atoms with E-state index in [-0.39, 0.29) is 23.3 Å². The van der Waals surface area contributed by atoms with Gasteiger partial charge in [-0.1, -0.05) is 0 Å². The highest BCUT2D eigenvalue weighted by atomic mass is 32.2. The summed E-state index contributed by atoms with van der Waals surface area (Å²) in [5, 5.41) is 9.05. The maximum atomic E-state index is 12.5. The van der Waals surface area contributed by atoms with Gasteiger partial charge in [-0.25, -0.2) is 12.7 Å². The molecule has 172 valence electrons. The second kappa shape index (κ2) is 9.58. The van der Waals surface area contributed by atoms with Crippen LogP contribution in [-0.2, 0) is 26.0 Å². The van der Waals surface area contributed by atoms with Crippen molar-refractivity contribution in [1.29, 1.82) is 0 Å². The number of carbonyl (C=O) groups excluding carboxylic acids is 2. The van der Waals surface area contributed by atoms with Crippen LogP contribution in [0.4, 0.5) is 22.7 Å². The summed E-state index contributed by atoms with van der Waals surface area (Å²) < 4.78 is 26.1. The van der Waals surface area contributed by atoms with Crippen molar-refractivity contribution in [2.24, 2.45) is 0 Å². The summed E-state index contributed by atoms with van der Waals surface area (Å²) in [6.45, 7) is 4.72. The third-order valence-electron chi connectivity index (χ3n) is 5.22. The molecule has 1 aliphatic rings. The molecule has 0 atom stereocenters. The zero-order valence-electron chi connectivity index (χ0n) is 18.7. The van der Waals surface area contributed by atoms with E-state index >= 15 is 0 Å². The number of amides is 2. The van der Waals surface area contributed by atoms with Crippen LogP contribution in [0.3, 0.4) is 0 Å². The minimum Gasteiger partial charge on any atom is -0.384 e. The fourth-order valence-electron chi connectivity index (χ4n) is 3.57. The Labute approximate surface area is 188 Å². The quantitative estimate of drug-likeness (QED) is 0.559. The molecule has 0 aliphatic carbocycles. The van der Waals surface area contributed by atoms with Crippen molar-refractivity contribution in [2.75, 3.05) is 54.6 Å². The first-order valence-electron chi connectivity index (χ1n) is 10.4. The first kappa shape index (κ1) is 23.6. The summed E-state index contributed by atoms with van der Waals surface area (Å²) in [7, 11) is -0.653. The molecule has 3 rings (SSSR count). The fourth-order valence-corrected chi connectivity index (χ4v) is 4.50. The molecule has 10 heteroatoms. The van der Waals surface area contributed by atoms with Crippen LogP contribution in [0.15, 0.2) is 41.3 Å². The Morgan fingerprint density at radius 1 is 1.06 bits per heavy atom. The van der Waals surface area contributed by atoms with Crippen LogP contribution in [-0.4, -0.2) is 58.3 Å². The summed E-state index contributed by atoms with van der Waals surface area (Å²) in [5.74, 6) is -0.269. The van der Waals surface area contributed by atoms with Crippen LogP contribution >= 0.6 is 0 Å². The van der Waals surface area contributed by atoms with E-state index in [4.69, 9.17) is 0 Å². The number of nitrogens with zero attached hydrogens (tertiary/aromatic N) is 2. The highest BCUT2D eigenvalue weighted by Crippen LogP contribution is 2.30. The molecule has 2 aromatic carbocycles. The number of rotatable bonds is 8. The SMILES string of the molecule is CCNc1ccc(S(=O)(=O)N(C)C)cc1NCC(=O)Nc1ccc2c(c1)CCN2C(C)=O. The number of carbonyl (C=O) groups is 2. The molecule has 1 heterocycles. The van der Waals surface area contributed by atoms with Crippen LogP contribution in [0.1, 0.15) is 19.4 Å². The van der Waals surface area contributed by atoms with Gasteiger partial charge in [0, 0.05) is 45.5 Å². The first-order chi connectivity index (χ1) is 15.1. The molecule has 0 spiro atoms. The predicted octanol–water partition coefficient (Wildman–Crippen LogP) is 2.33. The van der Waals surface area contributed by atoms with Gasteiger partial charge in [-0.05, 0) is 55.3 Å². The minimum atomic E-state index is -3.60. The topological polar surface area (TPSA) is 111 Å². The molecular weight excluding hydrogens is 430 g/mol. The number of hydrogen-bond acceptors (Lipinski definition) is 6. The standard InChI is InChI=1S/C22H29N5O4S/c1-5-23-19-8-7-18(32(30,31)26(3)4)13-20(19)24-14-22(29)25-17-6-9-21-16(12-17)10-11-27(21)15(2)28/h6-9,12-13,23-24H,5,10-11,14H2,1-4H3,(H,25,29). The zero-order chi connectivity index (χ0) is 23.5. The highest BCUT2D eigenvalue weighted by molar-refractivity contribution is 7.89. The van der Waals surface area contributed by atoms with Gasteiger partial charge in [0.05, 0.1) is 22.8 Å². The lowest BCUT2D eigenvalue weighted by Crippen LogP contribution is -2.25. The van der Waals surface area contributed by atoms with Gasteiger partial charge in [0.2, 0.25) is 21.8 Å². The van der Waals surface area contributed by atoms with Gasteiger partial charge in [-0.15, -0.1) is 0 Å². The number of sulfonamides is 1. The zero-order valence-corrected chi connectivity index (χ0v) is 19.5. The number of benzene rings is 2. The summed E-state index contributed by atoms with van der Waals surface area (Å²) in [4.78, 5) is 26.1. The van der Waals surface area contributed by atoms with Gasteiger partial charge in [-0.2, -0.15) is 0 Å². The van der Waals surface area contributed by atoms with Crippen LogP contribution in [0.2, 0.25) is 0 Å². The number of fused-ring (bicyclic) bond motifs is 1. The summed E-state index contributed by atoms with van der Waals surface area (Å²) in [6.07, 6.45) is 0.746.